The molecule has 0 aromatic heterocycles. The van der Waals surface area contributed by atoms with Crippen LogP contribution in [0.5, 0.6) is 5.75 Å². The lowest BCUT2D eigenvalue weighted by Gasteiger charge is -2.26. The van der Waals surface area contributed by atoms with Crippen molar-refractivity contribution in [2.45, 2.75) is 39.2 Å². The maximum absolute atomic E-state index is 12.3. The number of carbonyl (C=O) groups excluding carboxylic acids is 1. The minimum absolute atomic E-state index is 0.0131. The number of hydrogen-bond acceptors (Lipinski definition) is 2. The first kappa shape index (κ1) is 16.8. The van der Waals surface area contributed by atoms with Crippen LogP contribution in [0.3, 0.4) is 0 Å². The number of carbonyl (C=O) groups is 1. The molecular formula is C20H22ClNO2. The van der Waals surface area contributed by atoms with Crippen molar-refractivity contribution in [1.82, 2.24) is 5.32 Å². The molecule has 24 heavy (non-hydrogen) atoms. The van der Waals surface area contributed by atoms with Gasteiger partial charge in [-0.2, -0.15) is 0 Å². The largest absolute Gasteiger partial charge is 0.484 e. The van der Waals surface area contributed by atoms with Crippen LogP contribution in [-0.4, -0.2) is 12.5 Å². The van der Waals surface area contributed by atoms with Gasteiger partial charge in [-0.15, -0.1) is 0 Å². The normalized spacial score (nSPS) is 16.4. The van der Waals surface area contributed by atoms with Gasteiger partial charge in [0, 0.05) is 5.02 Å². The topological polar surface area (TPSA) is 38.3 Å². The number of fused-ring (bicyclic) bond motifs is 1. The van der Waals surface area contributed by atoms with Gasteiger partial charge >= 0.3 is 0 Å². The maximum atomic E-state index is 12.3. The van der Waals surface area contributed by atoms with Crippen LogP contribution in [0.2, 0.25) is 5.02 Å². The van der Waals surface area contributed by atoms with Gasteiger partial charge in [-0.05, 0) is 67.5 Å². The Morgan fingerprint density at radius 1 is 1.25 bits per heavy atom. The van der Waals surface area contributed by atoms with E-state index in [1.807, 2.05) is 32.0 Å². The molecule has 4 heteroatoms. The third-order valence-corrected chi connectivity index (χ3v) is 5.08. The third-order valence-electron chi connectivity index (χ3n) is 4.48. The zero-order chi connectivity index (χ0) is 17.1. The second kappa shape index (κ2) is 7.27. The highest BCUT2D eigenvalue weighted by Crippen LogP contribution is 2.29. The molecule has 3 nitrogen and oxygen atoms in total. The fourth-order valence-electron chi connectivity index (χ4n) is 3.28. The van der Waals surface area contributed by atoms with Crippen molar-refractivity contribution >= 4 is 17.5 Å². The number of nitrogens with one attached hydrogen (secondary N) is 1. The molecule has 1 aliphatic carbocycles. The monoisotopic (exact) mass is 343 g/mol. The smallest absolute Gasteiger partial charge is 0.258 e. The Morgan fingerprint density at radius 3 is 2.71 bits per heavy atom. The Balaban J connectivity index is 1.61. The van der Waals surface area contributed by atoms with Crippen molar-refractivity contribution in [2.75, 3.05) is 6.61 Å². The predicted octanol–water partition coefficient (Wildman–Crippen LogP) is 4.53. The molecule has 1 aliphatic rings. The fourth-order valence-corrected chi connectivity index (χ4v) is 3.39. The SMILES string of the molecule is Cc1cc(OCC(=O)NC2CCCc3ccccc32)cc(C)c1Cl. The molecule has 0 heterocycles. The Morgan fingerprint density at radius 2 is 1.96 bits per heavy atom. The van der Waals surface area contributed by atoms with Gasteiger partial charge in [-0.25, -0.2) is 0 Å². The van der Waals surface area contributed by atoms with Crippen LogP contribution in [0.25, 0.3) is 0 Å². The number of halogens is 1. The Hall–Kier alpha value is -2.00. The molecular weight excluding hydrogens is 322 g/mol. The number of benzene rings is 2. The van der Waals surface area contributed by atoms with Crippen LogP contribution in [0.15, 0.2) is 36.4 Å². The molecule has 2 aromatic carbocycles. The summed E-state index contributed by atoms with van der Waals surface area (Å²) in [7, 11) is 0. The molecule has 0 radical (unpaired) electrons. The first-order valence-electron chi connectivity index (χ1n) is 8.31. The minimum atomic E-state index is -0.0954. The van der Waals surface area contributed by atoms with E-state index in [0.29, 0.717) is 5.75 Å². The highest BCUT2D eigenvalue weighted by molar-refractivity contribution is 6.32. The summed E-state index contributed by atoms with van der Waals surface area (Å²) < 4.78 is 5.64. The number of ether oxygens (including phenoxy) is 1. The van der Waals surface area contributed by atoms with E-state index in [0.717, 1.165) is 35.4 Å². The molecule has 0 saturated heterocycles. The third kappa shape index (κ3) is 3.73. The minimum Gasteiger partial charge on any atom is -0.484 e. The molecule has 2 aromatic rings. The summed E-state index contributed by atoms with van der Waals surface area (Å²) in [5, 5.41) is 3.84. The summed E-state index contributed by atoms with van der Waals surface area (Å²) in [5.41, 5.74) is 4.47. The molecule has 1 amide bonds. The lowest BCUT2D eigenvalue weighted by atomic mass is 9.88. The molecule has 0 bridgehead atoms. The van der Waals surface area contributed by atoms with E-state index in [1.54, 1.807) is 0 Å². The van der Waals surface area contributed by atoms with Crippen LogP contribution in [0.4, 0.5) is 0 Å². The van der Waals surface area contributed by atoms with Crippen molar-refractivity contribution in [3.05, 3.63) is 63.7 Å². The van der Waals surface area contributed by atoms with Crippen LogP contribution < -0.4 is 10.1 Å². The van der Waals surface area contributed by atoms with Crippen molar-refractivity contribution in [3.8, 4) is 5.75 Å². The Bertz CT molecular complexity index is 734. The summed E-state index contributed by atoms with van der Waals surface area (Å²) in [5.74, 6) is 0.579. The van der Waals surface area contributed by atoms with E-state index in [1.165, 1.54) is 11.1 Å². The van der Waals surface area contributed by atoms with Crippen LogP contribution >= 0.6 is 11.6 Å². The van der Waals surface area contributed by atoms with Crippen molar-refractivity contribution in [2.24, 2.45) is 0 Å². The number of amides is 1. The molecule has 126 valence electrons. The van der Waals surface area contributed by atoms with Gasteiger partial charge in [0.1, 0.15) is 5.75 Å². The van der Waals surface area contributed by atoms with Crippen molar-refractivity contribution in [1.29, 1.82) is 0 Å². The lowest BCUT2D eigenvalue weighted by Crippen LogP contribution is -2.34. The van der Waals surface area contributed by atoms with Gasteiger partial charge in [0.25, 0.3) is 5.91 Å². The first-order chi connectivity index (χ1) is 11.5. The summed E-state index contributed by atoms with van der Waals surface area (Å²) in [6.45, 7) is 3.88. The number of rotatable bonds is 4. The van der Waals surface area contributed by atoms with Gasteiger partial charge in [0.2, 0.25) is 0 Å². The second-order valence-electron chi connectivity index (χ2n) is 6.37. The molecule has 0 spiro atoms. The Kier molecular flexibility index (Phi) is 5.10. The molecule has 1 atom stereocenters. The average Bonchev–Trinajstić information content (AvgIpc) is 2.58. The van der Waals surface area contributed by atoms with Crippen molar-refractivity contribution in [3.63, 3.8) is 0 Å². The van der Waals surface area contributed by atoms with Gasteiger partial charge in [0.05, 0.1) is 6.04 Å². The average molecular weight is 344 g/mol. The molecule has 1 unspecified atom stereocenters. The van der Waals surface area contributed by atoms with Gasteiger partial charge in [0.15, 0.2) is 6.61 Å². The van der Waals surface area contributed by atoms with E-state index in [2.05, 4.69) is 23.5 Å². The van der Waals surface area contributed by atoms with Crippen LogP contribution in [-0.2, 0) is 11.2 Å². The predicted molar refractivity (Wildman–Crippen MR) is 96.7 cm³/mol. The van der Waals surface area contributed by atoms with E-state index >= 15 is 0 Å². The molecule has 0 saturated carbocycles. The zero-order valence-corrected chi connectivity index (χ0v) is 14.8. The summed E-state index contributed by atoms with van der Waals surface area (Å²) >= 11 is 6.15. The highest BCUT2D eigenvalue weighted by atomic mass is 35.5. The number of aryl methyl sites for hydroxylation is 3. The van der Waals surface area contributed by atoms with Crippen LogP contribution in [0.1, 0.15) is 41.1 Å². The second-order valence-corrected chi connectivity index (χ2v) is 6.75. The number of hydrogen-bond donors (Lipinski definition) is 1. The highest BCUT2D eigenvalue weighted by Gasteiger charge is 2.21. The maximum Gasteiger partial charge on any atom is 0.258 e. The van der Waals surface area contributed by atoms with E-state index in [9.17, 15) is 4.79 Å². The standard InChI is InChI=1S/C20H22ClNO2/c1-13-10-16(11-14(2)20(13)21)24-12-19(23)22-18-9-5-7-15-6-3-4-8-17(15)18/h3-4,6,8,10-11,18H,5,7,9,12H2,1-2H3,(H,22,23). The lowest BCUT2D eigenvalue weighted by molar-refractivity contribution is -0.123. The van der Waals surface area contributed by atoms with Crippen LogP contribution in [0, 0.1) is 13.8 Å². The molecule has 1 N–H and O–H groups in total. The summed E-state index contributed by atoms with van der Waals surface area (Å²) in [6.07, 6.45) is 3.16. The van der Waals surface area contributed by atoms with E-state index in [4.69, 9.17) is 16.3 Å². The molecule has 3 rings (SSSR count). The first-order valence-corrected chi connectivity index (χ1v) is 8.69. The molecule has 0 aliphatic heterocycles. The van der Waals surface area contributed by atoms with Gasteiger partial charge < -0.3 is 10.1 Å². The summed E-state index contributed by atoms with van der Waals surface area (Å²) in [4.78, 5) is 12.3. The van der Waals surface area contributed by atoms with Crippen molar-refractivity contribution < 1.29 is 9.53 Å². The van der Waals surface area contributed by atoms with E-state index < -0.39 is 0 Å². The Labute approximate surface area is 148 Å². The molecule has 0 fully saturated rings. The van der Waals surface area contributed by atoms with Gasteiger partial charge in [-0.1, -0.05) is 35.9 Å². The van der Waals surface area contributed by atoms with Gasteiger partial charge in [-0.3, -0.25) is 4.79 Å². The fraction of sp³-hybridized carbons (Fsp3) is 0.350. The summed E-state index contributed by atoms with van der Waals surface area (Å²) in [6, 6.07) is 12.1. The zero-order valence-electron chi connectivity index (χ0n) is 14.1. The van der Waals surface area contributed by atoms with E-state index in [-0.39, 0.29) is 18.6 Å². The quantitative estimate of drug-likeness (QED) is 0.885.